The largest absolute Gasteiger partial charge is 0.418 e. The minimum atomic E-state index is -0.735. The fourth-order valence-electron chi connectivity index (χ4n) is 1.25. The molecule has 1 rings (SSSR count). The van der Waals surface area contributed by atoms with E-state index in [1.54, 1.807) is 14.2 Å². The zero-order valence-electron chi connectivity index (χ0n) is 9.31. The molecule has 0 aliphatic rings. The van der Waals surface area contributed by atoms with Gasteiger partial charge in [0.15, 0.2) is 5.91 Å². The molecule has 0 saturated carbocycles. The molecule has 0 aliphatic heterocycles. The third kappa shape index (κ3) is 5.08. The quantitative estimate of drug-likeness (QED) is 0.393. The molecule has 0 N–H and O–H groups in total. The van der Waals surface area contributed by atoms with Crippen LogP contribution in [0.3, 0.4) is 0 Å². The van der Waals surface area contributed by atoms with Crippen molar-refractivity contribution < 1.29 is 13.9 Å². The van der Waals surface area contributed by atoms with E-state index in [2.05, 4.69) is 12.1 Å². The summed E-state index contributed by atoms with van der Waals surface area (Å²) in [6.07, 6.45) is 0.952. The van der Waals surface area contributed by atoms with Gasteiger partial charge in [-0.25, -0.2) is 0 Å². The molecular weight excluding hydrogens is 208 g/mol. The van der Waals surface area contributed by atoms with Gasteiger partial charge >= 0.3 is 0 Å². The zero-order chi connectivity index (χ0) is 10.9. The Kier molecular flexibility index (Phi) is 6.27. The van der Waals surface area contributed by atoms with Crippen LogP contribution in [0.15, 0.2) is 30.3 Å². The molecule has 3 nitrogen and oxygen atoms in total. The van der Waals surface area contributed by atoms with E-state index in [0.717, 1.165) is 13.0 Å². The van der Waals surface area contributed by atoms with Crippen LogP contribution < -0.4 is 0 Å². The molecule has 84 valence electrons. The predicted octanol–water partition coefficient (Wildman–Crippen LogP) is 0.906. The fourth-order valence-corrected chi connectivity index (χ4v) is 2.02. The number of methoxy groups -OCH3 is 2. The maximum Gasteiger partial charge on any atom is 0.223 e. The summed E-state index contributed by atoms with van der Waals surface area (Å²) < 4.78 is 15.7. The molecule has 1 aromatic carbocycles. The van der Waals surface area contributed by atoms with Crippen molar-refractivity contribution in [2.75, 3.05) is 20.8 Å². The van der Waals surface area contributed by atoms with Crippen LogP contribution in [0.5, 0.6) is 0 Å². The first-order valence-electron chi connectivity index (χ1n) is 5.04. The lowest BCUT2D eigenvalue weighted by Crippen LogP contribution is -2.24. The second-order valence-electron chi connectivity index (χ2n) is 3.21. The number of hydrogen-bond donors (Lipinski definition) is 0. The van der Waals surface area contributed by atoms with E-state index in [1.807, 2.05) is 18.2 Å². The van der Waals surface area contributed by atoms with Crippen LogP contribution in [-0.4, -0.2) is 36.5 Å². The summed E-state index contributed by atoms with van der Waals surface area (Å²) >= 11 is 0. The van der Waals surface area contributed by atoms with Crippen molar-refractivity contribution >= 4 is 9.76 Å². The highest BCUT2D eigenvalue weighted by atomic mass is 28.2. The summed E-state index contributed by atoms with van der Waals surface area (Å²) in [6, 6.07) is 10.3. The summed E-state index contributed by atoms with van der Waals surface area (Å²) in [6.45, 7) is 0.749. The van der Waals surface area contributed by atoms with Gasteiger partial charge in [0.1, 0.15) is 0 Å². The highest BCUT2D eigenvalue weighted by Gasteiger charge is 2.05. The predicted molar refractivity (Wildman–Crippen MR) is 62.4 cm³/mol. The summed E-state index contributed by atoms with van der Waals surface area (Å²) in [5.41, 5.74) is 1.30. The maximum atomic E-state index is 5.57. The first-order chi connectivity index (χ1) is 7.36. The molecule has 0 atom stereocenters. The Morgan fingerprint density at radius 3 is 2.40 bits per heavy atom. The van der Waals surface area contributed by atoms with E-state index < -0.39 is 9.76 Å². The monoisotopic (exact) mass is 226 g/mol. The van der Waals surface area contributed by atoms with Gasteiger partial charge in [-0.15, -0.1) is 0 Å². The van der Waals surface area contributed by atoms with Crippen LogP contribution in [0, 0.1) is 0 Å². The van der Waals surface area contributed by atoms with Gasteiger partial charge in [-0.1, -0.05) is 30.3 Å². The van der Waals surface area contributed by atoms with Gasteiger partial charge in [0.25, 0.3) is 0 Å². The van der Waals surface area contributed by atoms with E-state index in [1.165, 1.54) is 5.56 Å². The van der Waals surface area contributed by atoms with Crippen molar-refractivity contribution in [1.29, 1.82) is 0 Å². The Balaban J connectivity index is 2.12. The average molecular weight is 226 g/mol. The molecule has 4 heteroatoms. The molecule has 0 radical (unpaired) electrons. The molecule has 0 spiro atoms. The summed E-state index contributed by atoms with van der Waals surface area (Å²) in [4.78, 5) is 0. The van der Waals surface area contributed by atoms with Gasteiger partial charge in [0.05, 0.1) is 0 Å². The molecule has 0 bridgehead atoms. The van der Waals surface area contributed by atoms with Crippen LogP contribution >= 0.6 is 0 Å². The van der Waals surface area contributed by atoms with Crippen molar-refractivity contribution in [2.24, 2.45) is 0 Å². The minimum Gasteiger partial charge on any atom is -0.418 e. The normalized spacial score (nSPS) is 11.7. The molecule has 0 fully saturated rings. The average Bonchev–Trinajstić information content (AvgIpc) is 2.31. The highest BCUT2D eigenvalue weighted by Crippen LogP contribution is 1.99. The second-order valence-corrected chi connectivity index (χ2v) is 4.62. The Morgan fingerprint density at radius 2 is 1.80 bits per heavy atom. The molecule has 0 saturated heterocycles. The lowest BCUT2D eigenvalue weighted by atomic mass is 10.2. The third-order valence-electron chi connectivity index (χ3n) is 2.16. The van der Waals surface area contributed by atoms with Crippen LogP contribution in [0.4, 0.5) is 0 Å². The number of ether oxygens (including phenoxy) is 2. The number of rotatable bonds is 7. The van der Waals surface area contributed by atoms with E-state index in [9.17, 15) is 0 Å². The molecule has 15 heavy (non-hydrogen) atoms. The van der Waals surface area contributed by atoms with Crippen molar-refractivity contribution in [1.82, 2.24) is 0 Å². The smallest absolute Gasteiger partial charge is 0.223 e. The molecule has 0 heterocycles. The second kappa shape index (κ2) is 7.59. The van der Waals surface area contributed by atoms with Crippen molar-refractivity contribution in [3.05, 3.63) is 35.9 Å². The van der Waals surface area contributed by atoms with Crippen molar-refractivity contribution in [3.8, 4) is 0 Å². The SMILES string of the molecule is COC(OC)[SiH2]OCCc1ccccc1. The number of hydrogen-bond acceptors (Lipinski definition) is 3. The Bertz CT molecular complexity index is 249. The van der Waals surface area contributed by atoms with Crippen LogP contribution in [-0.2, 0) is 20.3 Å². The molecular formula is C11H18O3Si. The van der Waals surface area contributed by atoms with Crippen molar-refractivity contribution in [3.63, 3.8) is 0 Å². The molecule has 0 amide bonds. The summed E-state index contributed by atoms with van der Waals surface area (Å²) in [5, 5.41) is 0. The molecule has 0 aliphatic carbocycles. The first-order valence-corrected chi connectivity index (χ1v) is 6.43. The van der Waals surface area contributed by atoms with Gasteiger partial charge in [0, 0.05) is 20.8 Å². The van der Waals surface area contributed by atoms with E-state index in [4.69, 9.17) is 13.9 Å². The Labute approximate surface area is 93.3 Å². The van der Waals surface area contributed by atoms with Gasteiger partial charge < -0.3 is 13.9 Å². The summed E-state index contributed by atoms with van der Waals surface area (Å²) in [7, 11) is 2.55. The van der Waals surface area contributed by atoms with Gasteiger partial charge in [-0.2, -0.15) is 0 Å². The van der Waals surface area contributed by atoms with E-state index >= 15 is 0 Å². The Hall–Kier alpha value is -0.683. The van der Waals surface area contributed by atoms with E-state index in [-0.39, 0.29) is 5.91 Å². The van der Waals surface area contributed by atoms with Gasteiger partial charge in [-0.3, -0.25) is 0 Å². The fraction of sp³-hybridized carbons (Fsp3) is 0.455. The first kappa shape index (κ1) is 12.4. The third-order valence-corrected chi connectivity index (χ3v) is 3.62. The summed E-state index contributed by atoms with van der Waals surface area (Å²) in [5.74, 6) is -0.124. The lowest BCUT2D eigenvalue weighted by molar-refractivity contribution is -0.0526. The highest BCUT2D eigenvalue weighted by molar-refractivity contribution is 6.28. The minimum absolute atomic E-state index is 0.124. The van der Waals surface area contributed by atoms with Crippen LogP contribution in [0.2, 0.25) is 0 Å². The maximum absolute atomic E-state index is 5.57. The molecule has 0 unspecified atom stereocenters. The van der Waals surface area contributed by atoms with Gasteiger partial charge in [-0.05, 0) is 12.0 Å². The molecule has 1 aromatic rings. The zero-order valence-corrected chi connectivity index (χ0v) is 10.7. The van der Waals surface area contributed by atoms with Crippen LogP contribution in [0.1, 0.15) is 5.56 Å². The lowest BCUT2D eigenvalue weighted by Gasteiger charge is -2.12. The number of benzene rings is 1. The standard InChI is InChI=1S/C11H18O3Si/c1-12-11(13-2)15-14-9-8-10-6-4-3-5-7-10/h3-7,11H,8-9,15H2,1-2H3. The van der Waals surface area contributed by atoms with Gasteiger partial charge in [0.2, 0.25) is 9.76 Å². The molecule has 0 aromatic heterocycles. The van der Waals surface area contributed by atoms with Crippen molar-refractivity contribution in [2.45, 2.75) is 12.3 Å². The Morgan fingerprint density at radius 1 is 1.13 bits per heavy atom. The topological polar surface area (TPSA) is 27.7 Å². The van der Waals surface area contributed by atoms with E-state index in [0.29, 0.717) is 0 Å². The van der Waals surface area contributed by atoms with Crippen LogP contribution in [0.25, 0.3) is 0 Å².